The fourth-order valence-electron chi connectivity index (χ4n) is 1.09. The van der Waals surface area contributed by atoms with Crippen LogP contribution in [-0.4, -0.2) is 30.8 Å². The number of rotatable bonds is 5. The number of hydrogen-bond donors (Lipinski definition) is 1. The van der Waals surface area contributed by atoms with Gasteiger partial charge in [-0.15, -0.1) is 0 Å². The summed E-state index contributed by atoms with van der Waals surface area (Å²) >= 11 is 0. The largest absolute Gasteiger partial charge is 0.467 e. The minimum absolute atomic E-state index is 0.223. The maximum Gasteiger partial charge on any atom is 0.328 e. The maximum atomic E-state index is 11.3. The molecule has 0 radical (unpaired) electrons. The van der Waals surface area contributed by atoms with E-state index in [1.807, 2.05) is 13.8 Å². The zero-order chi connectivity index (χ0) is 12.0. The molecule has 0 spiro atoms. The summed E-state index contributed by atoms with van der Waals surface area (Å²) in [6, 6.07) is -0.744. The lowest BCUT2D eigenvalue weighted by Gasteiger charge is -2.17. The molecule has 1 atom stereocenters. The molecule has 0 saturated heterocycles. The summed E-state index contributed by atoms with van der Waals surface area (Å²) in [5.74, 6) is -1.68. The molecule has 0 saturated carbocycles. The van der Waals surface area contributed by atoms with Gasteiger partial charge in [-0.05, 0) is 12.3 Å². The monoisotopic (exact) mass is 215 g/mol. The van der Waals surface area contributed by atoms with Crippen LogP contribution < -0.4 is 5.32 Å². The fourth-order valence-corrected chi connectivity index (χ4v) is 1.09. The van der Waals surface area contributed by atoms with Crippen molar-refractivity contribution in [2.45, 2.75) is 33.2 Å². The highest BCUT2D eigenvalue weighted by Crippen LogP contribution is 2.06. The van der Waals surface area contributed by atoms with Crippen LogP contribution in [-0.2, 0) is 19.1 Å². The molecule has 0 fully saturated rings. The Labute approximate surface area is 89.2 Å². The topological polar surface area (TPSA) is 72.5 Å². The number of carbonyl (C=O) groups is 3. The number of carbonyl (C=O) groups excluding carboxylic acids is 3. The molecule has 5 nitrogen and oxygen atoms in total. The van der Waals surface area contributed by atoms with Crippen molar-refractivity contribution in [3.05, 3.63) is 0 Å². The van der Waals surface area contributed by atoms with Crippen molar-refractivity contribution in [1.29, 1.82) is 0 Å². The SMILES string of the molecule is COC(=O)[C@H](CC(C)C)NC(=O)C(C)=O. The predicted octanol–water partition coefficient (Wildman–Crippen LogP) is 0.279. The van der Waals surface area contributed by atoms with Gasteiger partial charge in [0, 0.05) is 6.92 Å². The third-order valence-corrected chi connectivity index (χ3v) is 1.82. The summed E-state index contributed by atoms with van der Waals surface area (Å²) in [6.45, 7) is 4.98. The van der Waals surface area contributed by atoms with Gasteiger partial charge in [0.25, 0.3) is 5.91 Å². The van der Waals surface area contributed by atoms with Gasteiger partial charge in [0.1, 0.15) is 6.04 Å². The Bertz CT molecular complexity index is 260. The van der Waals surface area contributed by atoms with E-state index in [4.69, 9.17) is 0 Å². The first kappa shape index (κ1) is 13.6. The molecule has 0 aliphatic rings. The molecule has 0 aliphatic heterocycles. The molecule has 15 heavy (non-hydrogen) atoms. The van der Waals surface area contributed by atoms with Gasteiger partial charge in [0.05, 0.1) is 7.11 Å². The van der Waals surface area contributed by atoms with Gasteiger partial charge in [-0.3, -0.25) is 9.59 Å². The minimum Gasteiger partial charge on any atom is -0.467 e. The lowest BCUT2D eigenvalue weighted by Crippen LogP contribution is -2.44. The smallest absolute Gasteiger partial charge is 0.328 e. The standard InChI is InChI=1S/C10H17NO4/c1-6(2)5-8(10(14)15-4)11-9(13)7(3)12/h6,8H,5H2,1-4H3,(H,11,13)/t8-/m0/s1. The number of ether oxygens (including phenoxy) is 1. The number of nitrogens with one attached hydrogen (secondary N) is 1. The number of methoxy groups -OCH3 is 1. The summed E-state index contributed by atoms with van der Waals surface area (Å²) < 4.78 is 4.53. The lowest BCUT2D eigenvalue weighted by atomic mass is 10.0. The van der Waals surface area contributed by atoms with Gasteiger partial charge in [-0.2, -0.15) is 0 Å². The molecule has 0 rings (SSSR count). The molecule has 0 bridgehead atoms. The van der Waals surface area contributed by atoms with Crippen molar-refractivity contribution in [1.82, 2.24) is 5.32 Å². The number of esters is 1. The second-order valence-corrected chi connectivity index (χ2v) is 3.73. The molecule has 5 heteroatoms. The molecule has 1 amide bonds. The van der Waals surface area contributed by atoms with Crippen molar-refractivity contribution >= 4 is 17.7 Å². The van der Waals surface area contributed by atoms with Gasteiger partial charge in [-0.25, -0.2) is 4.79 Å². The first-order chi connectivity index (χ1) is 6.88. The molecule has 0 aromatic heterocycles. The van der Waals surface area contributed by atoms with E-state index in [0.29, 0.717) is 6.42 Å². The average molecular weight is 215 g/mol. The van der Waals surface area contributed by atoms with E-state index in [1.54, 1.807) is 0 Å². The highest BCUT2D eigenvalue weighted by molar-refractivity contribution is 6.35. The fraction of sp³-hybridized carbons (Fsp3) is 0.700. The molecule has 0 aromatic rings. The Morgan fingerprint density at radius 2 is 1.80 bits per heavy atom. The molecule has 0 aliphatic carbocycles. The van der Waals surface area contributed by atoms with E-state index in [2.05, 4.69) is 10.1 Å². The van der Waals surface area contributed by atoms with Crippen molar-refractivity contribution in [2.75, 3.05) is 7.11 Å². The van der Waals surface area contributed by atoms with E-state index in [0.717, 1.165) is 6.92 Å². The lowest BCUT2D eigenvalue weighted by molar-refractivity contribution is -0.146. The van der Waals surface area contributed by atoms with Crippen molar-refractivity contribution in [3.8, 4) is 0 Å². The minimum atomic E-state index is -0.758. The van der Waals surface area contributed by atoms with E-state index in [9.17, 15) is 14.4 Å². The molecule has 0 aromatic carbocycles. The van der Waals surface area contributed by atoms with Crippen LogP contribution in [0.2, 0.25) is 0 Å². The van der Waals surface area contributed by atoms with Crippen molar-refractivity contribution in [2.24, 2.45) is 5.92 Å². The quantitative estimate of drug-likeness (QED) is 0.528. The Kier molecular flexibility index (Phi) is 5.59. The Morgan fingerprint density at radius 3 is 2.13 bits per heavy atom. The van der Waals surface area contributed by atoms with Crippen molar-refractivity contribution < 1.29 is 19.1 Å². The summed E-state index contributed by atoms with van der Waals surface area (Å²) in [5, 5.41) is 2.34. The van der Waals surface area contributed by atoms with Gasteiger partial charge in [-0.1, -0.05) is 13.8 Å². The van der Waals surface area contributed by atoms with E-state index < -0.39 is 23.7 Å². The molecule has 1 N–H and O–H groups in total. The highest BCUT2D eigenvalue weighted by Gasteiger charge is 2.23. The second-order valence-electron chi connectivity index (χ2n) is 3.73. The Hall–Kier alpha value is -1.39. The summed E-state index contributed by atoms with van der Waals surface area (Å²) in [6.07, 6.45) is 0.450. The number of amides is 1. The van der Waals surface area contributed by atoms with Gasteiger partial charge in [0.2, 0.25) is 5.78 Å². The Balaban J connectivity index is 4.44. The van der Waals surface area contributed by atoms with Crippen LogP contribution in [0.1, 0.15) is 27.2 Å². The summed E-state index contributed by atoms with van der Waals surface area (Å²) in [7, 11) is 1.25. The zero-order valence-electron chi connectivity index (χ0n) is 9.49. The maximum absolute atomic E-state index is 11.3. The Morgan fingerprint density at radius 1 is 1.27 bits per heavy atom. The van der Waals surface area contributed by atoms with Gasteiger partial charge in [0.15, 0.2) is 0 Å². The van der Waals surface area contributed by atoms with Crippen LogP contribution in [0.5, 0.6) is 0 Å². The van der Waals surface area contributed by atoms with Crippen LogP contribution in [0.15, 0.2) is 0 Å². The molecule has 0 unspecified atom stereocenters. The highest BCUT2D eigenvalue weighted by atomic mass is 16.5. The summed E-state index contributed by atoms with van der Waals surface area (Å²) in [4.78, 5) is 33.1. The number of Topliss-reactive ketones (excluding diaryl/α,β-unsaturated/α-hetero) is 1. The third kappa shape index (κ3) is 5.15. The molecule has 0 heterocycles. The van der Waals surface area contributed by atoms with E-state index in [-0.39, 0.29) is 5.92 Å². The zero-order valence-corrected chi connectivity index (χ0v) is 9.49. The van der Waals surface area contributed by atoms with E-state index >= 15 is 0 Å². The molecular weight excluding hydrogens is 198 g/mol. The molecular formula is C10H17NO4. The summed E-state index contributed by atoms with van der Waals surface area (Å²) in [5.41, 5.74) is 0. The van der Waals surface area contributed by atoms with Gasteiger partial charge >= 0.3 is 5.97 Å². The average Bonchev–Trinajstić information content (AvgIpc) is 2.14. The third-order valence-electron chi connectivity index (χ3n) is 1.82. The first-order valence-corrected chi connectivity index (χ1v) is 4.77. The van der Waals surface area contributed by atoms with Crippen LogP contribution in [0.25, 0.3) is 0 Å². The van der Waals surface area contributed by atoms with E-state index in [1.165, 1.54) is 7.11 Å². The number of ketones is 1. The predicted molar refractivity (Wildman–Crippen MR) is 54.1 cm³/mol. The van der Waals surface area contributed by atoms with Gasteiger partial charge < -0.3 is 10.1 Å². The first-order valence-electron chi connectivity index (χ1n) is 4.77. The van der Waals surface area contributed by atoms with Crippen LogP contribution >= 0.6 is 0 Å². The van der Waals surface area contributed by atoms with Crippen molar-refractivity contribution in [3.63, 3.8) is 0 Å². The molecule has 86 valence electrons. The van der Waals surface area contributed by atoms with Crippen LogP contribution in [0, 0.1) is 5.92 Å². The normalized spacial score (nSPS) is 12.1. The van der Waals surface area contributed by atoms with Crippen LogP contribution in [0.3, 0.4) is 0 Å². The second kappa shape index (κ2) is 6.16. The van der Waals surface area contributed by atoms with Crippen LogP contribution in [0.4, 0.5) is 0 Å². The number of hydrogen-bond acceptors (Lipinski definition) is 4.